The van der Waals surface area contributed by atoms with Crippen molar-refractivity contribution in [3.05, 3.63) is 42.5 Å². The first-order valence-electron chi connectivity index (χ1n) is 10.7. The highest BCUT2D eigenvalue weighted by Gasteiger charge is 2.33. The second-order valence-electron chi connectivity index (χ2n) is 7.63. The molecule has 0 saturated heterocycles. The number of carbonyl (C=O) groups excluding carboxylic acids is 2. The van der Waals surface area contributed by atoms with E-state index in [-0.39, 0.29) is 18.3 Å². The van der Waals surface area contributed by atoms with Gasteiger partial charge in [0.1, 0.15) is 6.04 Å². The third-order valence-corrected chi connectivity index (χ3v) is 5.12. The van der Waals surface area contributed by atoms with E-state index in [1.165, 1.54) is 4.90 Å². The maximum atomic E-state index is 13.5. The van der Waals surface area contributed by atoms with Gasteiger partial charge in [-0.2, -0.15) is 0 Å². The van der Waals surface area contributed by atoms with Crippen LogP contribution in [0.2, 0.25) is 0 Å². The second-order valence-corrected chi connectivity index (χ2v) is 7.63. The van der Waals surface area contributed by atoms with Crippen LogP contribution >= 0.6 is 0 Å². The van der Waals surface area contributed by atoms with Gasteiger partial charge in [-0.3, -0.25) is 24.5 Å². The molecule has 12 N–H and O–H groups in total. The largest absolute Gasteiger partial charge is 0.370 e. The number of aliphatic imine (C=N–C) groups is 2. The number of nitrogens with zero attached hydrogens (tertiary/aromatic N) is 3. The van der Waals surface area contributed by atoms with Gasteiger partial charge in [0.05, 0.1) is 11.7 Å². The van der Waals surface area contributed by atoms with E-state index in [4.69, 9.17) is 34.4 Å². The van der Waals surface area contributed by atoms with Crippen LogP contribution in [-0.2, 0) is 9.59 Å². The van der Waals surface area contributed by atoms with Gasteiger partial charge in [0.2, 0.25) is 11.8 Å². The van der Waals surface area contributed by atoms with Crippen LogP contribution in [0.15, 0.2) is 52.4 Å². The number of benzene rings is 2. The predicted molar refractivity (Wildman–Crippen MR) is 132 cm³/mol. The summed E-state index contributed by atoms with van der Waals surface area (Å²) < 4.78 is 0. The number of hydrogen-bond donors (Lipinski definition) is 6. The van der Waals surface area contributed by atoms with E-state index in [1.54, 1.807) is 6.07 Å². The topological polar surface area (TPSA) is 218 Å². The molecule has 0 fully saturated rings. The molecule has 0 bridgehead atoms. The van der Waals surface area contributed by atoms with Crippen LogP contribution in [0, 0.1) is 0 Å². The average Bonchev–Trinajstić information content (AvgIpc) is 2.77. The molecule has 0 saturated carbocycles. The molecule has 0 unspecified atom stereocenters. The van der Waals surface area contributed by atoms with Crippen molar-refractivity contribution in [3.63, 3.8) is 0 Å². The molecular weight excluding hydrogens is 422 g/mol. The van der Waals surface area contributed by atoms with Crippen LogP contribution < -0.4 is 39.3 Å². The number of amides is 2. The molecule has 2 amide bonds. The van der Waals surface area contributed by atoms with Gasteiger partial charge < -0.3 is 34.4 Å². The van der Waals surface area contributed by atoms with Crippen LogP contribution in [-0.4, -0.2) is 48.9 Å². The minimum atomic E-state index is -0.929. The van der Waals surface area contributed by atoms with Crippen molar-refractivity contribution in [2.45, 2.75) is 37.8 Å². The van der Waals surface area contributed by atoms with Crippen molar-refractivity contribution in [3.8, 4) is 0 Å². The van der Waals surface area contributed by atoms with Gasteiger partial charge in [0.25, 0.3) is 0 Å². The number of primary amides is 1. The van der Waals surface area contributed by atoms with Gasteiger partial charge in [0.15, 0.2) is 11.9 Å². The Morgan fingerprint density at radius 2 is 1.39 bits per heavy atom. The number of anilines is 1. The van der Waals surface area contributed by atoms with E-state index >= 15 is 0 Å². The molecular formula is C22H33N9O2. The predicted octanol–water partition coefficient (Wildman–Crippen LogP) is -0.539. The number of carbonyl (C=O) groups is 2. The Labute approximate surface area is 192 Å². The van der Waals surface area contributed by atoms with Gasteiger partial charge in [-0.05, 0) is 37.1 Å². The molecule has 11 nitrogen and oxygen atoms in total. The van der Waals surface area contributed by atoms with Crippen molar-refractivity contribution in [1.82, 2.24) is 0 Å². The van der Waals surface area contributed by atoms with Crippen molar-refractivity contribution in [1.29, 1.82) is 0 Å². The second kappa shape index (κ2) is 12.2. The summed E-state index contributed by atoms with van der Waals surface area (Å²) in [6.45, 7) is 0.642. The molecule has 0 spiro atoms. The minimum absolute atomic E-state index is 0.0261. The van der Waals surface area contributed by atoms with Crippen LogP contribution in [0.4, 0.5) is 5.69 Å². The van der Waals surface area contributed by atoms with Crippen LogP contribution in [0.3, 0.4) is 0 Å². The summed E-state index contributed by atoms with van der Waals surface area (Å²) >= 11 is 0. The average molecular weight is 456 g/mol. The lowest BCUT2D eigenvalue weighted by Gasteiger charge is -2.33. The summed E-state index contributed by atoms with van der Waals surface area (Å²) in [5.74, 6) is -1.13. The van der Waals surface area contributed by atoms with Crippen LogP contribution in [0.1, 0.15) is 25.7 Å². The third-order valence-electron chi connectivity index (χ3n) is 5.12. The first kappa shape index (κ1) is 25.4. The van der Waals surface area contributed by atoms with E-state index in [0.29, 0.717) is 38.0 Å². The highest BCUT2D eigenvalue weighted by atomic mass is 16.2. The summed E-state index contributed by atoms with van der Waals surface area (Å²) in [6, 6.07) is 11.3. The molecule has 2 aromatic rings. The molecule has 2 aromatic carbocycles. The molecule has 0 aliphatic carbocycles. The van der Waals surface area contributed by atoms with Gasteiger partial charge >= 0.3 is 0 Å². The number of guanidine groups is 2. The molecule has 2 rings (SSSR count). The molecule has 0 heterocycles. The van der Waals surface area contributed by atoms with Crippen LogP contribution in [0.5, 0.6) is 0 Å². The van der Waals surface area contributed by atoms with Crippen LogP contribution in [0.25, 0.3) is 10.8 Å². The maximum absolute atomic E-state index is 13.5. The minimum Gasteiger partial charge on any atom is -0.370 e. The highest BCUT2D eigenvalue weighted by molar-refractivity contribution is 6.09. The normalized spacial score (nSPS) is 12.5. The summed E-state index contributed by atoms with van der Waals surface area (Å²) in [5, 5.41) is 1.72. The smallest absolute Gasteiger partial charge is 0.244 e. The molecule has 11 heteroatoms. The fraction of sp³-hybridized carbons (Fsp3) is 0.364. The molecule has 0 radical (unpaired) electrons. The zero-order chi connectivity index (χ0) is 24.4. The molecule has 0 aliphatic rings. The lowest BCUT2D eigenvalue weighted by molar-refractivity contribution is -0.125. The quantitative estimate of drug-likeness (QED) is 0.139. The van der Waals surface area contributed by atoms with Gasteiger partial charge in [-0.15, -0.1) is 0 Å². The lowest BCUT2D eigenvalue weighted by atomic mass is 10.0. The maximum Gasteiger partial charge on any atom is 0.244 e. The number of nitrogens with two attached hydrogens (primary N) is 6. The molecule has 0 aromatic heterocycles. The van der Waals surface area contributed by atoms with E-state index < -0.39 is 23.9 Å². The zero-order valence-corrected chi connectivity index (χ0v) is 18.6. The summed E-state index contributed by atoms with van der Waals surface area (Å²) in [5.41, 5.74) is 34.0. The Hall–Kier alpha value is -3.86. The molecule has 0 aliphatic heterocycles. The van der Waals surface area contributed by atoms with E-state index in [0.717, 1.165) is 10.8 Å². The van der Waals surface area contributed by atoms with Crippen molar-refractivity contribution in [2.24, 2.45) is 44.4 Å². The van der Waals surface area contributed by atoms with Gasteiger partial charge in [-0.1, -0.05) is 36.4 Å². The molecule has 178 valence electrons. The summed E-state index contributed by atoms with van der Waals surface area (Å²) in [7, 11) is 0. The molecule has 2 atom stereocenters. The first-order valence-corrected chi connectivity index (χ1v) is 10.7. The van der Waals surface area contributed by atoms with Crippen molar-refractivity contribution in [2.75, 3.05) is 18.0 Å². The number of rotatable bonds is 12. The van der Waals surface area contributed by atoms with E-state index in [9.17, 15) is 9.59 Å². The highest BCUT2D eigenvalue weighted by Crippen LogP contribution is 2.30. The van der Waals surface area contributed by atoms with E-state index in [2.05, 4.69) is 9.98 Å². The lowest BCUT2D eigenvalue weighted by Crippen LogP contribution is -2.53. The number of hydrogen-bond acceptors (Lipinski definition) is 5. The summed E-state index contributed by atoms with van der Waals surface area (Å²) in [6.07, 6.45) is 1.54. The Morgan fingerprint density at radius 3 is 2.00 bits per heavy atom. The fourth-order valence-corrected chi connectivity index (χ4v) is 3.57. The van der Waals surface area contributed by atoms with Crippen molar-refractivity contribution < 1.29 is 9.59 Å². The number of fused-ring (bicyclic) bond motifs is 1. The SMILES string of the molecule is NC(=O)[C@H](CCCN=C(N)N)N(C(=O)[C@@H](N)CCCN=C(N)N)c1cccc2ccccc12. The third kappa shape index (κ3) is 7.35. The van der Waals surface area contributed by atoms with Gasteiger partial charge in [-0.25, -0.2) is 0 Å². The Bertz CT molecular complexity index is 1010. The van der Waals surface area contributed by atoms with Gasteiger partial charge in [0, 0.05) is 18.5 Å². The van der Waals surface area contributed by atoms with E-state index in [1.807, 2.05) is 36.4 Å². The summed E-state index contributed by atoms with van der Waals surface area (Å²) in [4.78, 5) is 35.3. The Kier molecular flexibility index (Phi) is 9.43. The standard InChI is InChI=1S/C22H33N9O2/c23-16(9-4-12-29-21(25)26)20(33)31(18(19(24)32)11-5-13-30-22(27)28)17-10-3-7-14-6-1-2-8-15(14)17/h1-3,6-8,10,16,18H,4-5,9,11-13,23H2,(H2,24,32)(H4,25,26,29)(H4,27,28,30)/t16-,18-/m0/s1. The zero-order valence-electron chi connectivity index (χ0n) is 18.6. The molecule has 33 heavy (non-hydrogen) atoms. The van der Waals surface area contributed by atoms with Crippen molar-refractivity contribution >= 4 is 40.2 Å². The Balaban J connectivity index is 2.39. The monoisotopic (exact) mass is 455 g/mol. The first-order chi connectivity index (χ1) is 15.7. The Morgan fingerprint density at radius 1 is 0.818 bits per heavy atom. The fourth-order valence-electron chi connectivity index (χ4n) is 3.57.